The summed E-state index contributed by atoms with van der Waals surface area (Å²) in [6.45, 7) is 6.42. The van der Waals surface area contributed by atoms with Gasteiger partial charge < -0.3 is 10.4 Å². The van der Waals surface area contributed by atoms with E-state index in [1.165, 1.54) is 16.4 Å². The minimum Gasteiger partial charge on any atom is -0.505 e. The Labute approximate surface area is 228 Å². The smallest absolute Gasteiger partial charge is 0.268 e. The highest BCUT2D eigenvalue weighted by molar-refractivity contribution is 7.93. The quantitative estimate of drug-likeness (QED) is 0.235. The molecule has 0 amide bonds. The number of hydrogen-bond acceptors (Lipinski definition) is 4. The maximum atomic E-state index is 14.2. The van der Waals surface area contributed by atoms with Crippen LogP contribution < -0.4 is 9.62 Å². The van der Waals surface area contributed by atoms with Crippen molar-refractivity contribution in [3.05, 3.63) is 117 Å². The van der Waals surface area contributed by atoms with E-state index in [0.717, 1.165) is 33.5 Å². The van der Waals surface area contributed by atoms with Gasteiger partial charge in [-0.3, -0.25) is 4.31 Å². The Kier molecular flexibility index (Phi) is 8.02. The number of sulfonamides is 1. The summed E-state index contributed by atoms with van der Waals surface area (Å²) in [7, 11) is -4.28. The lowest BCUT2D eigenvalue weighted by molar-refractivity contribution is 0.458. The van der Waals surface area contributed by atoms with E-state index in [2.05, 4.69) is 5.32 Å². The molecule has 2 N–H and O–H groups in total. The largest absolute Gasteiger partial charge is 0.505 e. The summed E-state index contributed by atoms with van der Waals surface area (Å²) >= 11 is 12.3. The molecule has 0 bridgehead atoms. The number of nitrogens with zero attached hydrogens (tertiary/aromatic N) is 1. The summed E-state index contributed by atoms with van der Waals surface area (Å²) < 4.78 is 29.7. The van der Waals surface area contributed by atoms with E-state index >= 15 is 0 Å². The van der Waals surface area contributed by atoms with Crippen molar-refractivity contribution in [2.24, 2.45) is 0 Å². The van der Waals surface area contributed by atoms with Gasteiger partial charge in [0.1, 0.15) is 4.90 Å². The molecule has 0 heterocycles. The molecule has 192 valence electrons. The van der Waals surface area contributed by atoms with E-state index in [4.69, 9.17) is 23.2 Å². The Morgan fingerprint density at radius 3 is 2.05 bits per heavy atom. The molecule has 0 aromatic heterocycles. The van der Waals surface area contributed by atoms with Crippen molar-refractivity contribution in [1.29, 1.82) is 0 Å². The lowest BCUT2D eigenvalue weighted by atomic mass is 10.0. The summed E-state index contributed by atoms with van der Waals surface area (Å²) in [4.78, 5) is -0.348. The maximum Gasteiger partial charge on any atom is 0.268 e. The van der Waals surface area contributed by atoms with Gasteiger partial charge in [-0.15, -0.1) is 0 Å². The van der Waals surface area contributed by atoms with E-state index in [-0.39, 0.29) is 21.5 Å². The number of nitrogens with one attached hydrogen (secondary N) is 1. The molecule has 4 rings (SSSR count). The first-order valence-electron chi connectivity index (χ1n) is 11.7. The minimum absolute atomic E-state index is 0.0512. The minimum atomic E-state index is -4.28. The van der Waals surface area contributed by atoms with Gasteiger partial charge in [-0.1, -0.05) is 89.9 Å². The van der Waals surface area contributed by atoms with Crippen LogP contribution in [0, 0.1) is 20.8 Å². The van der Waals surface area contributed by atoms with Gasteiger partial charge in [-0.05, 0) is 60.7 Å². The van der Waals surface area contributed by atoms with Gasteiger partial charge in [-0.25, -0.2) is 8.42 Å². The molecule has 4 aromatic rings. The van der Waals surface area contributed by atoms with Gasteiger partial charge in [0.2, 0.25) is 0 Å². The number of phenolic OH excluding ortho intramolecular Hbond substituents is 1. The third-order valence-electron chi connectivity index (χ3n) is 6.22. The van der Waals surface area contributed by atoms with Gasteiger partial charge in [0.05, 0.1) is 17.3 Å². The molecule has 0 atom stereocenters. The van der Waals surface area contributed by atoms with Crippen LogP contribution in [0.5, 0.6) is 5.75 Å². The Balaban J connectivity index is 1.88. The Hall–Kier alpha value is -3.19. The summed E-state index contributed by atoms with van der Waals surface area (Å²) in [6, 6.07) is 23.8. The van der Waals surface area contributed by atoms with Crippen molar-refractivity contribution in [3.63, 3.8) is 0 Å². The molecule has 0 saturated carbocycles. The van der Waals surface area contributed by atoms with Crippen LogP contribution in [0.3, 0.4) is 0 Å². The predicted octanol–water partition coefficient (Wildman–Crippen LogP) is 7.63. The number of phenols is 1. The van der Waals surface area contributed by atoms with Crippen LogP contribution in [0.25, 0.3) is 0 Å². The lowest BCUT2D eigenvalue weighted by Gasteiger charge is -2.30. The van der Waals surface area contributed by atoms with Crippen molar-refractivity contribution in [3.8, 4) is 5.75 Å². The molecule has 0 radical (unpaired) electrons. The van der Waals surface area contributed by atoms with E-state index < -0.39 is 15.8 Å². The molecule has 0 saturated heterocycles. The van der Waals surface area contributed by atoms with Crippen LogP contribution in [0.1, 0.15) is 27.8 Å². The summed E-state index contributed by atoms with van der Waals surface area (Å²) in [5.41, 5.74) is 5.84. The fourth-order valence-electron chi connectivity index (χ4n) is 4.51. The van der Waals surface area contributed by atoms with E-state index in [9.17, 15) is 13.5 Å². The zero-order chi connectivity index (χ0) is 26.7. The van der Waals surface area contributed by atoms with E-state index in [1.807, 2.05) is 87.5 Å². The molecule has 0 unspecified atom stereocenters. The zero-order valence-electron chi connectivity index (χ0n) is 20.8. The van der Waals surface area contributed by atoms with Crippen LogP contribution >= 0.6 is 23.2 Å². The number of aromatic hydroxyl groups is 1. The van der Waals surface area contributed by atoms with Gasteiger partial charge in [0.25, 0.3) is 10.0 Å². The molecule has 5 nitrogen and oxygen atoms in total. The molecule has 0 spiro atoms. The molecule has 0 aliphatic rings. The average Bonchev–Trinajstić information content (AvgIpc) is 2.86. The third-order valence-corrected chi connectivity index (χ3v) is 8.49. The SMILES string of the molecule is Cc1cc(C)c(N(Cc2ccccc2)S(=O)(=O)c2cc(Cl)cc(Cl)c2O)c(C)c1NCc1ccccc1. The number of rotatable bonds is 8. The normalized spacial score (nSPS) is 11.4. The number of benzene rings is 4. The zero-order valence-corrected chi connectivity index (χ0v) is 23.1. The van der Waals surface area contributed by atoms with Crippen LogP contribution in [0.4, 0.5) is 11.4 Å². The molecule has 4 aromatic carbocycles. The van der Waals surface area contributed by atoms with Gasteiger partial charge in [0, 0.05) is 17.3 Å². The molecular formula is C29H28Cl2N2O3S. The summed E-state index contributed by atoms with van der Waals surface area (Å²) in [6.07, 6.45) is 0. The molecule has 37 heavy (non-hydrogen) atoms. The first-order valence-corrected chi connectivity index (χ1v) is 13.9. The molecule has 0 aliphatic heterocycles. The number of halogens is 2. The fraction of sp³-hybridized carbons (Fsp3) is 0.172. The maximum absolute atomic E-state index is 14.2. The standard InChI is InChI=1S/C29H28Cl2N2O3S/c1-19-14-20(2)28(21(3)27(19)32-17-22-10-6-4-7-11-22)33(18-23-12-8-5-9-13-23)37(35,36)26-16-24(30)15-25(31)29(26)34/h4-16,32,34H,17-18H2,1-3H3. The fourth-order valence-corrected chi connectivity index (χ4v) is 6.83. The average molecular weight is 556 g/mol. The highest BCUT2D eigenvalue weighted by atomic mass is 35.5. The first-order chi connectivity index (χ1) is 17.6. The second-order valence-electron chi connectivity index (χ2n) is 8.93. The highest BCUT2D eigenvalue weighted by Crippen LogP contribution is 2.41. The second-order valence-corrected chi connectivity index (χ2v) is 11.6. The van der Waals surface area contributed by atoms with Crippen molar-refractivity contribution < 1.29 is 13.5 Å². The van der Waals surface area contributed by atoms with Gasteiger partial charge in [0.15, 0.2) is 5.75 Å². The van der Waals surface area contributed by atoms with Gasteiger partial charge in [-0.2, -0.15) is 0 Å². The molecule has 0 aliphatic carbocycles. The molecule has 8 heteroatoms. The van der Waals surface area contributed by atoms with Gasteiger partial charge >= 0.3 is 0 Å². The van der Waals surface area contributed by atoms with E-state index in [1.54, 1.807) is 0 Å². The van der Waals surface area contributed by atoms with Crippen LogP contribution in [-0.2, 0) is 23.1 Å². The number of aryl methyl sites for hydroxylation is 2. The van der Waals surface area contributed by atoms with Crippen molar-refractivity contribution in [1.82, 2.24) is 0 Å². The van der Waals surface area contributed by atoms with E-state index in [0.29, 0.717) is 12.2 Å². The first kappa shape index (κ1) is 26.9. The van der Waals surface area contributed by atoms with Crippen LogP contribution in [0.15, 0.2) is 83.8 Å². The van der Waals surface area contributed by atoms with Crippen LogP contribution in [0.2, 0.25) is 10.0 Å². The number of anilines is 2. The van der Waals surface area contributed by atoms with Crippen molar-refractivity contribution in [2.45, 2.75) is 38.8 Å². The Morgan fingerprint density at radius 2 is 1.43 bits per heavy atom. The topological polar surface area (TPSA) is 69.6 Å². The summed E-state index contributed by atoms with van der Waals surface area (Å²) in [5, 5.41) is 14.1. The summed E-state index contributed by atoms with van der Waals surface area (Å²) in [5.74, 6) is -0.533. The van der Waals surface area contributed by atoms with Crippen molar-refractivity contribution in [2.75, 3.05) is 9.62 Å². The Bertz CT molecular complexity index is 1530. The number of hydrogen-bond donors (Lipinski definition) is 2. The van der Waals surface area contributed by atoms with Crippen molar-refractivity contribution >= 4 is 44.6 Å². The Morgan fingerprint density at radius 1 is 0.838 bits per heavy atom. The monoisotopic (exact) mass is 554 g/mol. The lowest BCUT2D eigenvalue weighted by Crippen LogP contribution is -2.32. The molecular weight excluding hydrogens is 527 g/mol. The second kappa shape index (κ2) is 11.1. The highest BCUT2D eigenvalue weighted by Gasteiger charge is 2.32. The molecule has 0 fully saturated rings. The predicted molar refractivity (Wildman–Crippen MR) is 152 cm³/mol. The third kappa shape index (κ3) is 5.72. The van der Waals surface area contributed by atoms with Crippen LogP contribution in [-0.4, -0.2) is 13.5 Å².